The summed E-state index contributed by atoms with van der Waals surface area (Å²) in [5.41, 5.74) is 3.44. The van der Waals surface area contributed by atoms with Gasteiger partial charge in [-0.3, -0.25) is 0 Å². The van der Waals surface area contributed by atoms with Crippen LogP contribution in [0.5, 0.6) is 0 Å². The van der Waals surface area contributed by atoms with Gasteiger partial charge in [0.2, 0.25) is 5.28 Å². The van der Waals surface area contributed by atoms with Crippen LogP contribution in [-0.4, -0.2) is 9.97 Å². The minimum absolute atomic E-state index is 0.365. The molecule has 92 valence electrons. The van der Waals surface area contributed by atoms with Gasteiger partial charge in [-0.05, 0) is 48.9 Å². The zero-order valence-electron chi connectivity index (χ0n) is 10.3. The van der Waals surface area contributed by atoms with Crippen molar-refractivity contribution < 1.29 is 0 Å². The van der Waals surface area contributed by atoms with Gasteiger partial charge >= 0.3 is 0 Å². The molecule has 1 saturated carbocycles. The normalized spacial score (nSPS) is 22.6. The van der Waals surface area contributed by atoms with Crippen LogP contribution < -0.4 is 0 Å². The maximum atomic E-state index is 5.95. The highest BCUT2D eigenvalue weighted by molar-refractivity contribution is 6.28. The Labute approximate surface area is 112 Å². The second kappa shape index (κ2) is 4.69. The summed E-state index contributed by atoms with van der Waals surface area (Å²) < 4.78 is 0. The molecule has 0 bridgehead atoms. The van der Waals surface area contributed by atoms with Crippen LogP contribution in [0.1, 0.15) is 41.6 Å². The van der Waals surface area contributed by atoms with Crippen molar-refractivity contribution in [1.82, 2.24) is 9.97 Å². The average Bonchev–Trinajstić information content (AvgIpc) is 2.27. The number of halogens is 1. The quantitative estimate of drug-likeness (QED) is 0.758. The molecule has 0 spiro atoms. The first-order valence-corrected chi connectivity index (χ1v) is 6.68. The summed E-state index contributed by atoms with van der Waals surface area (Å²) in [6.07, 6.45) is 2.42. The fourth-order valence-corrected chi connectivity index (χ4v) is 2.93. The highest BCUT2D eigenvalue weighted by Crippen LogP contribution is 2.48. The van der Waals surface area contributed by atoms with Crippen LogP contribution in [0.25, 0.3) is 0 Å². The molecule has 3 heteroatoms. The summed E-state index contributed by atoms with van der Waals surface area (Å²) in [6, 6.07) is 12.7. The average molecular weight is 259 g/mol. The number of hydrogen-bond acceptors (Lipinski definition) is 2. The largest absolute Gasteiger partial charge is 0.223 e. The molecule has 1 aromatic carbocycles. The second-order valence-electron chi connectivity index (χ2n) is 4.90. The van der Waals surface area contributed by atoms with Crippen molar-refractivity contribution in [2.75, 3.05) is 0 Å². The van der Waals surface area contributed by atoms with Gasteiger partial charge in [0.05, 0.1) is 0 Å². The summed E-state index contributed by atoms with van der Waals surface area (Å²) in [5.74, 6) is 1.07. The van der Waals surface area contributed by atoms with Gasteiger partial charge in [0.1, 0.15) is 0 Å². The van der Waals surface area contributed by atoms with E-state index in [1.54, 1.807) is 0 Å². The summed E-state index contributed by atoms with van der Waals surface area (Å²) in [5, 5.41) is 0.365. The monoisotopic (exact) mass is 258 g/mol. The predicted molar refractivity (Wildman–Crippen MR) is 72.9 cm³/mol. The minimum Gasteiger partial charge on any atom is -0.223 e. The molecule has 18 heavy (non-hydrogen) atoms. The number of aromatic nitrogens is 2. The van der Waals surface area contributed by atoms with E-state index in [0.29, 0.717) is 17.1 Å². The second-order valence-corrected chi connectivity index (χ2v) is 5.24. The number of nitrogens with zero attached hydrogens (tertiary/aromatic N) is 2. The molecule has 1 aliphatic carbocycles. The summed E-state index contributed by atoms with van der Waals surface area (Å²) in [7, 11) is 0. The van der Waals surface area contributed by atoms with E-state index in [4.69, 9.17) is 11.6 Å². The third kappa shape index (κ3) is 2.13. The molecular formula is C15H15ClN2. The molecule has 0 saturated heterocycles. The zero-order valence-corrected chi connectivity index (χ0v) is 11.1. The van der Waals surface area contributed by atoms with Crippen LogP contribution in [0.3, 0.4) is 0 Å². The first-order chi connectivity index (χ1) is 8.74. The lowest BCUT2D eigenvalue weighted by Crippen LogP contribution is -2.23. The van der Waals surface area contributed by atoms with Crippen molar-refractivity contribution in [3.63, 3.8) is 0 Å². The summed E-state index contributed by atoms with van der Waals surface area (Å²) in [4.78, 5) is 8.51. The van der Waals surface area contributed by atoms with Crippen molar-refractivity contribution in [2.45, 2.75) is 31.6 Å². The van der Waals surface area contributed by atoms with E-state index in [2.05, 4.69) is 46.4 Å². The number of hydrogen-bond donors (Lipinski definition) is 0. The van der Waals surface area contributed by atoms with E-state index in [1.165, 1.54) is 18.4 Å². The van der Waals surface area contributed by atoms with E-state index in [9.17, 15) is 0 Å². The lowest BCUT2D eigenvalue weighted by molar-refractivity contribution is 0.339. The van der Waals surface area contributed by atoms with Gasteiger partial charge in [0, 0.05) is 17.3 Å². The molecule has 1 heterocycles. The topological polar surface area (TPSA) is 25.8 Å². The Bertz CT molecular complexity index is 533. The molecule has 0 radical (unpaired) electrons. The van der Waals surface area contributed by atoms with Crippen LogP contribution in [0, 0.1) is 6.92 Å². The van der Waals surface area contributed by atoms with Gasteiger partial charge in [-0.2, -0.15) is 0 Å². The molecule has 0 N–H and O–H groups in total. The zero-order chi connectivity index (χ0) is 12.5. The van der Waals surface area contributed by atoms with Crippen LogP contribution in [0.4, 0.5) is 0 Å². The molecule has 1 aliphatic rings. The van der Waals surface area contributed by atoms with E-state index in [0.717, 1.165) is 11.4 Å². The molecular weight excluding hydrogens is 244 g/mol. The van der Waals surface area contributed by atoms with Crippen molar-refractivity contribution in [1.29, 1.82) is 0 Å². The van der Waals surface area contributed by atoms with Crippen LogP contribution in [-0.2, 0) is 0 Å². The Kier molecular flexibility index (Phi) is 3.04. The van der Waals surface area contributed by atoms with Crippen molar-refractivity contribution in [3.05, 3.63) is 58.6 Å². The van der Waals surface area contributed by atoms with Crippen LogP contribution in [0.2, 0.25) is 5.28 Å². The third-order valence-electron chi connectivity index (χ3n) is 3.73. The standard InChI is InChI=1S/C15H15ClN2/c1-10-9-14(18-15(16)17-10)13-8-7-12(13)11-5-3-2-4-6-11/h2-6,9,12-13H,7-8H2,1H3. The highest BCUT2D eigenvalue weighted by atomic mass is 35.5. The maximum Gasteiger partial charge on any atom is 0.222 e. The van der Waals surface area contributed by atoms with Crippen molar-refractivity contribution in [2.24, 2.45) is 0 Å². The SMILES string of the molecule is Cc1cc(C2CCC2c2ccccc2)nc(Cl)n1. The molecule has 1 aromatic heterocycles. The molecule has 2 aromatic rings. The van der Waals surface area contributed by atoms with E-state index in [-0.39, 0.29) is 0 Å². The van der Waals surface area contributed by atoms with Crippen LogP contribution >= 0.6 is 11.6 Å². The Morgan fingerprint density at radius 2 is 1.78 bits per heavy atom. The Morgan fingerprint density at radius 1 is 1.06 bits per heavy atom. The predicted octanol–water partition coefficient (Wildman–Crippen LogP) is 4.10. The number of benzene rings is 1. The first kappa shape index (κ1) is 11.7. The lowest BCUT2D eigenvalue weighted by Gasteiger charge is -2.36. The van der Waals surface area contributed by atoms with Gasteiger partial charge in [0.15, 0.2) is 0 Å². The van der Waals surface area contributed by atoms with E-state index >= 15 is 0 Å². The smallest absolute Gasteiger partial charge is 0.222 e. The molecule has 2 atom stereocenters. The Hall–Kier alpha value is -1.41. The van der Waals surface area contributed by atoms with Gasteiger partial charge in [0.25, 0.3) is 0 Å². The Morgan fingerprint density at radius 3 is 2.39 bits per heavy atom. The molecule has 2 nitrogen and oxygen atoms in total. The first-order valence-electron chi connectivity index (χ1n) is 6.30. The van der Waals surface area contributed by atoms with Gasteiger partial charge < -0.3 is 0 Å². The fraction of sp³-hybridized carbons (Fsp3) is 0.333. The maximum absolute atomic E-state index is 5.95. The Balaban J connectivity index is 1.89. The van der Waals surface area contributed by atoms with Gasteiger partial charge in [-0.25, -0.2) is 9.97 Å². The third-order valence-corrected chi connectivity index (χ3v) is 3.90. The summed E-state index contributed by atoms with van der Waals surface area (Å²) >= 11 is 5.95. The fourth-order valence-electron chi connectivity index (χ4n) is 2.70. The molecule has 0 amide bonds. The molecule has 3 rings (SSSR count). The molecule has 0 aliphatic heterocycles. The van der Waals surface area contributed by atoms with E-state index < -0.39 is 0 Å². The van der Waals surface area contributed by atoms with Crippen molar-refractivity contribution >= 4 is 11.6 Å². The number of rotatable bonds is 2. The van der Waals surface area contributed by atoms with E-state index in [1.807, 2.05) is 6.92 Å². The van der Waals surface area contributed by atoms with Crippen LogP contribution in [0.15, 0.2) is 36.4 Å². The van der Waals surface area contributed by atoms with Gasteiger partial charge in [-0.15, -0.1) is 0 Å². The molecule has 1 fully saturated rings. The lowest BCUT2D eigenvalue weighted by atomic mass is 9.68. The minimum atomic E-state index is 0.365. The van der Waals surface area contributed by atoms with Crippen molar-refractivity contribution in [3.8, 4) is 0 Å². The highest BCUT2D eigenvalue weighted by Gasteiger charge is 2.34. The number of aryl methyl sites for hydroxylation is 1. The van der Waals surface area contributed by atoms with Gasteiger partial charge in [-0.1, -0.05) is 30.3 Å². The molecule has 2 unspecified atom stereocenters. The summed E-state index contributed by atoms with van der Waals surface area (Å²) in [6.45, 7) is 1.97.